The largest absolute Gasteiger partial charge is 0.456 e. The Hall–Kier alpha value is -7.14. The topological polar surface area (TPSA) is 276 Å². The highest BCUT2D eigenvalue weighted by Gasteiger charge is 2.61. The van der Waals surface area contributed by atoms with Gasteiger partial charge in [0.1, 0.15) is 31.6 Å². The lowest BCUT2D eigenvalue weighted by Gasteiger charge is -2.46. The van der Waals surface area contributed by atoms with Gasteiger partial charge in [-0.25, -0.2) is 14.4 Å². The van der Waals surface area contributed by atoms with Crippen molar-refractivity contribution in [3.8, 4) is 0 Å². The Morgan fingerprint density at radius 1 is 0.727 bits per heavy atom. The number of thioether (sulfide) groups is 1. The molecule has 23 heteroatoms. The molecule has 0 radical (unpaired) electrons. The lowest BCUT2D eigenvalue weighted by atomic mass is 9.79. The van der Waals surface area contributed by atoms with Gasteiger partial charge in [0.25, 0.3) is 17.1 Å². The molecule has 0 bridgehead atoms. The minimum Gasteiger partial charge on any atom is -0.456 e. The highest BCUT2D eigenvalue weighted by Crippen LogP contribution is 2.52. The predicted molar refractivity (Wildman–Crippen MR) is 231 cm³/mol. The van der Waals surface area contributed by atoms with Crippen LogP contribution in [0.2, 0.25) is 0 Å². The first-order chi connectivity index (χ1) is 31.4. The molecular weight excluding hydrogens is 887 g/mol. The second-order valence-electron chi connectivity index (χ2n) is 16.4. The molecule has 4 heterocycles. The molecule has 4 aliphatic heterocycles. The van der Waals surface area contributed by atoms with Crippen LogP contribution in [0.1, 0.15) is 43.9 Å². The molecule has 1 N–H and O–H groups in total. The van der Waals surface area contributed by atoms with Crippen LogP contribution in [-0.2, 0) is 48.4 Å². The van der Waals surface area contributed by atoms with Crippen LogP contribution in [-0.4, -0.2) is 125 Å². The van der Waals surface area contributed by atoms with Crippen molar-refractivity contribution in [1.29, 1.82) is 0 Å². The number of amides is 4. The zero-order valence-electron chi connectivity index (χ0n) is 35.8. The van der Waals surface area contributed by atoms with E-state index in [9.17, 15) is 59.4 Å². The molecule has 0 aliphatic carbocycles. The van der Waals surface area contributed by atoms with Crippen molar-refractivity contribution in [2.75, 3.05) is 26.2 Å². The molecule has 3 aromatic carbocycles. The first kappa shape index (κ1) is 46.8. The number of aliphatic hydroxyl groups is 1. The van der Waals surface area contributed by atoms with Gasteiger partial charge in [-0.1, -0.05) is 6.92 Å². The van der Waals surface area contributed by atoms with Crippen LogP contribution >= 0.6 is 11.8 Å². The molecule has 0 saturated carbocycles. The SMILES string of the molecule is C[C@@H](O)[C@H]1C(=O)N2C(C(=O)OCc3ccc([N+](=O)[O-])cc3)=C(S[C@H]3C[C@@H](C(=O)N4CCN(C(=O)OCc5ccc([N+](=O)[O-])cc5)C[C@@H]4C)N(C(=O)OCc4ccc([N+](=O)[O-])cc4)C3)[C@H](C)[C@H]12. The molecule has 0 unspecified atom stereocenters. The van der Waals surface area contributed by atoms with Crippen LogP contribution in [0.25, 0.3) is 0 Å². The van der Waals surface area contributed by atoms with E-state index >= 15 is 0 Å². The fourth-order valence-electron chi connectivity index (χ4n) is 8.63. The number of nitro benzene ring substituents is 3. The molecule has 0 aromatic heterocycles. The Bertz CT molecular complexity index is 2450. The molecular formula is C43H45N7O15S. The summed E-state index contributed by atoms with van der Waals surface area (Å²) in [4.78, 5) is 107. The summed E-state index contributed by atoms with van der Waals surface area (Å²) in [7, 11) is 0. The van der Waals surface area contributed by atoms with Crippen LogP contribution in [0, 0.1) is 42.2 Å². The number of carbonyl (C=O) groups is 5. The first-order valence-corrected chi connectivity index (χ1v) is 21.8. The van der Waals surface area contributed by atoms with Gasteiger partial charge in [0.15, 0.2) is 0 Å². The number of nitrogens with zero attached hydrogens (tertiary/aromatic N) is 7. The molecule has 348 valence electrons. The molecule has 3 fully saturated rings. The highest BCUT2D eigenvalue weighted by molar-refractivity contribution is 8.03. The smallest absolute Gasteiger partial charge is 0.410 e. The van der Waals surface area contributed by atoms with Gasteiger partial charge < -0.3 is 34.0 Å². The van der Waals surface area contributed by atoms with E-state index in [0.717, 1.165) is 0 Å². The third-order valence-electron chi connectivity index (χ3n) is 12.1. The van der Waals surface area contributed by atoms with Crippen LogP contribution in [0.5, 0.6) is 0 Å². The summed E-state index contributed by atoms with van der Waals surface area (Å²) in [5.41, 5.74) is 1.00. The number of hydrogen-bond donors (Lipinski definition) is 1. The number of aliphatic hydroxyl groups excluding tert-OH is 1. The Labute approximate surface area is 380 Å². The van der Waals surface area contributed by atoms with E-state index < -0.39 is 86.1 Å². The van der Waals surface area contributed by atoms with Crippen LogP contribution in [0.4, 0.5) is 26.7 Å². The summed E-state index contributed by atoms with van der Waals surface area (Å²) < 4.78 is 16.8. The van der Waals surface area contributed by atoms with Crippen LogP contribution in [0.3, 0.4) is 0 Å². The van der Waals surface area contributed by atoms with E-state index in [4.69, 9.17) is 14.2 Å². The van der Waals surface area contributed by atoms with Crippen molar-refractivity contribution < 1.29 is 58.1 Å². The Morgan fingerprint density at radius 2 is 1.21 bits per heavy atom. The minimum atomic E-state index is -1.08. The number of carbonyl (C=O) groups excluding carboxylic acids is 5. The van der Waals surface area contributed by atoms with E-state index in [1.807, 2.05) is 6.92 Å². The Kier molecular flexibility index (Phi) is 13.9. The van der Waals surface area contributed by atoms with E-state index in [1.165, 1.54) is 106 Å². The number of β-lactam (4-membered cyclic amide) rings is 1. The van der Waals surface area contributed by atoms with Crippen molar-refractivity contribution in [3.05, 3.63) is 130 Å². The fraction of sp³-hybridized carbons (Fsp3) is 0.419. The lowest BCUT2D eigenvalue weighted by Crippen LogP contribution is -2.63. The zero-order valence-corrected chi connectivity index (χ0v) is 36.6. The minimum absolute atomic E-state index is 0.0337. The zero-order chi connectivity index (χ0) is 47.6. The summed E-state index contributed by atoms with van der Waals surface area (Å²) in [6.45, 7) is 4.60. The van der Waals surface area contributed by atoms with Gasteiger partial charge in [0.05, 0.1) is 32.8 Å². The second kappa shape index (κ2) is 19.5. The number of non-ortho nitro benzene ring substituents is 3. The standard InChI is InChI=1S/C43H45N7O15S/c1-24-19-44(42(55)64-22-28-6-12-31(13-7-28)49(59)60)16-17-45(24)39(52)34-18-33(20-46(34)43(56)65-23-29-8-14-32(15-9-29)50(61)62)66-38-25(2)36-35(26(3)51)40(53)47(36)37(38)41(54)63-21-27-4-10-30(11-5-27)48(57)58/h4-15,24-26,33-36,51H,16-23H2,1-3H3/t24-,25+,26+,33-,34-,35+,36+/m0/s1. The van der Waals surface area contributed by atoms with Gasteiger partial charge in [0, 0.05) is 84.7 Å². The van der Waals surface area contributed by atoms with Gasteiger partial charge in [-0.3, -0.25) is 44.8 Å². The third-order valence-corrected chi connectivity index (χ3v) is 13.6. The van der Waals surface area contributed by atoms with Crippen molar-refractivity contribution in [3.63, 3.8) is 0 Å². The summed E-state index contributed by atoms with van der Waals surface area (Å²) in [5, 5.41) is 43.3. The van der Waals surface area contributed by atoms with Crippen LogP contribution in [0.15, 0.2) is 83.4 Å². The number of fused-ring (bicyclic) bond motifs is 1. The molecule has 3 aromatic rings. The third kappa shape index (κ3) is 9.76. The average Bonchev–Trinajstić information content (AvgIpc) is 3.83. The van der Waals surface area contributed by atoms with Gasteiger partial charge in [-0.2, -0.15) is 0 Å². The van der Waals surface area contributed by atoms with Gasteiger partial charge in [-0.05, 0) is 73.4 Å². The monoisotopic (exact) mass is 931 g/mol. The summed E-state index contributed by atoms with van der Waals surface area (Å²) in [5.74, 6) is -3.02. The summed E-state index contributed by atoms with van der Waals surface area (Å²) in [6.07, 6.45) is -2.44. The van der Waals surface area contributed by atoms with Crippen LogP contribution < -0.4 is 0 Å². The maximum absolute atomic E-state index is 14.6. The van der Waals surface area contributed by atoms with E-state index in [0.29, 0.717) is 21.6 Å². The fourth-order valence-corrected chi connectivity index (χ4v) is 10.2. The molecule has 66 heavy (non-hydrogen) atoms. The highest BCUT2D eigenvalue weighted by atomic mass is 32.2. The molecule has 3 saturated heterocycles. The molecule has 4 aliphatic rings. The number of piperazine rings is 1. The normalized spacial score (nSPS) is 22.9. The van der Waals surface area contributed by atoms with E-state index in [1.54, 1.807) is 11.8 Å². The number of likely N-dealkylation sites (tertiary alicyclic amines) is 1. The quantitative estimate of drug-likeness (QED) is 0.0739. The number of hydrogen-bond acceptors (Lipinski definition) is 16. The maximum atomic E-state index is 14.6. The Balaban J connectivity index is 1.08. The second-order valence-corrected chi connectivity index (χ2v) is 17.7. The number of rotatable bonds is 14. The summed E-state index contributed by atoms with van der Waals surface area (Å²) in [6, 6.07) is 14.2. The average molecular weight is 932 g/mol. The summed E-state index contributed by atoms with van der Waals surface area (Å²) >= 11 is 1.21. The molecule has 7 atom stereocenters. The van der Waals surface area contributed by atoms with Crippen molar-refractivity contribution in [2.24, 2.45) is 11.8 Å². The van der Waals surface area contributed by atoms with Crippen molar-refractivity contribution in [1.82, 2.24) is 19.6 Å². The van der Waals surface area contributed by atoms with Gasteiger partial charge in [-0.15, -0.1) is 11.8 Å². The first-order valence-electron chi connectivity index (χ1n) is 20.9. The molecule has 4 amide bonds. The van der Waals surface area contributed by atoms with Crippen molar-refractivity contribution in [2.45, 2.75) is 76.5 Å². The number of ether oxygens (including phenoxy) is 3. The van der Waals surface area contributed by atoms with Gasteiger partial charge >= 0.3 is 18.2 Å². The number of esters is 1. The predicted octanol–water partition coefficient (Wildman–Crippen LogP) is 4.91. The lowest BCUT2D eigenvalue weighted by molar-refractivity contribution is -0.385. The number of benzene rings is 3. The maximum Gasteiger partial charge on any atom is 0.410 e. The number of nitro groups is 3. The van der Waals surface area contributed by atoms with E-state index in [-0.39, 0.29) is 75.2 Å². The van der Waals surface area contributed by atoms with Gasteiger partial charge in [0.2, 0.25) is 11.8 Å². The molecule has 7 rings (SSSR count). The molecule has 0 spiro atoms. The Morgan fingerprint density at radius 3 is 1.68 bits per heavy atom. The molecule has 22 nitrogen and oxygen atoms in total. The van der Waals surface area contributed by atoms with E-state index in [2.05, 4.69) is 0 Å². The van der Waals surface area contributed by atoms with Crippen molar-refractivity contribution >= 4 is 58.8 Å².